The van der Waals surface area contributed by atoms with Crippen LogP contribution in [0.4, 0.5) is 0 Å². The highest BCUT2D eigenvalue weighted by Crippen LogP contribution is 2.30. The van der Waals surface area contributed by atoms with E-state index in [2.05, 4.69) is 0 Å². The molecular weight excluding hydrogens is 164 g/mol. The Morgan fingerprint density at radius 1 is 1.23 bits per heavy atom. The van der Waals surface area contributed by atoms with Gasteiger partial charge in [0.25, 0.3) is 0 Å². The number of carbonyl (C=O) groups excluding carboxylic acids is 1. The minimum absolute atomic E-state index is 0.272. The van der Waals surface area contributed by atoms with Crippen molar-refractivity contribution in [2.24, 2.45) is 0 Å². The first-order valence-corrected chi connectivity index (χ1v) is 4.18. The molecule has 1 aliphatic rings. The predicted molar refractivity (Wildman–Crippen MR) is 49.0 cm³/mol. The standard InChI is InChI=1S/C11H10O2/c1-11(8-7-10(12)13-11)9-5-3-2-4-6-9/h2-8H,1H3/t11-/m1/s1. The fourth-order valence-corrected chi connectivity index (χ4v) is 1.43. The summed E-state index contributed by atoms with van der Waals surface area (Å²) in [6, 6.07) is 9.69. The molecule has 66 valence electrons. The molecule has 1 atom stereocenters. The van der Waals surface area contributed by atoms with E-state index in [1.165, 1.54) is 6.08 Å². The maximum Gasteiger partial charge on any atom is 0.331 e. The molecule has 0 bridgehead atoms. The van der Waals surface area contributed by atoms with Crippen LogP contribution in [0.15, 0.2) is 42.5 Å². The van der Waals surface area contributed by atoms with E-state index in [1.807, 2.05) is 37.3 Å². The third-order valence-electron chi connectivity index (χ3n) is 2.20. The molecule has 0 radical (unpaired) electrons. The van der Waals surface area contributed by atoms with Crippen molar-refractivity contribution in [3.8, 4) is 0 Å². The van der Waals surface area contributed by atoms with E-state index in [4.69, 9.17) is 4.74 Å². The first-order chi connectivity index (χ1) is 6.21. The summed E-state index contributed by atoms with van der Waals surface area (Å²) in [5.41, 5.74) is 0.426. The molecule has 0 aliphatic carbocycles. The summed E-state index contributed by atoms with van der Waals surface area (Å²) in [7, 11) is 0. The highest BCUT2D eigenvalue weighted by Gasteiger charge is 2.31. The van der Waals surface area contributed by atoms with Gasteiger partial charge in [-0.3, -0.25) is 0 Å². The van der Waals surface area contributed by atoms with Gasteiger partial charge in [0.2, 0.25) is 0 Å². The molecule has 1 heterocycles. The maximum absolute atomic E-state index is 10.9. The van der Waals surface area contributed by atoms with E-state index >= 15 is 0 Å². The molecule has 1 aromatic carbocycles. The van der Waals surface area contributed by atoms with Crippen LogP contribution in [0, 0.1) is 0 Å². The summed E-state index contributed by atoms with van der Waals surface area (Å²) >= 11 is 0. The van der Waals surface area contributed by atoms with Crippen molar-refractivity contribution in [3.63, 3.8) is 0 Å². The van der Waals surface area contributed by atoms with E-state index in [-0.39, 0.29) is 5.97 Å². The zero-order valence-corrected chi connectivity index (χ0v) is 7.36. The summed E-state index contributed by atoms with van der Waals surface area (Å²) in [4.78, 5) is 10.9. The average Bonchev–Trinajstić information content (AvgIpc) is 2.49. The van der Waals surface area contributed by atoms with Gasteiger partial charge in [-0.15, -0.1) is 0 Å². The molecule has 0 saturated carbocycles. The Morgan fingerprint density at radius 3 is 2.46 bits per heavy atom. The number of carbonyl (C=O) groups is 1. The van der Waals surface area contributed by atoms with Crippen LogP contribution in [0.1, 0.15) is 12.5 Å². The zero-order chi connectivity index (χ0) is 9.31. The van der Waals surface area contributed by atoms with E-state index < -0.39 is 5.60 Å². The summed E-state index contributed by atoms with van der Waals surface area (Å²) in [6.45, 7) is 1.88. The number of hydrogen-bond acceptors (Lipinski definition) is 2. The highest BCUT2D eigenvalue weighted by molar-refractivity contribution is 5.85. The molecule has 1 aromatic rings. The van der Waals surface area contributed by atoms with Crippen LogP contribution in [-0.2, 0) is 15.1 Å². The smallest absolute Gasteiger partial charge is 0.331 e. The molecule has 2 heteroatoms. The second-order valence-electron chi connectivity index (χ2n) is 3.23. The van der Waals surface area contributed by atoms with Gasteiger partial charge in [0.05, 0.1) is 0 Å². The SMILES string of the molecule is C[C@]1(c2ccccc2)C=CC(=O)O1. The number of cyclic esters (lactones) is 1. The van der Waals surface area contributed by atoms with Crippen molar-refractivity contribution in [2.75, 3.05) is 0 Å². The van der Waals surface area contributed by atoms with Crippen LogP contribution in [0.25, 0.3) is 0 Å². The van der Waals surface area contributed by atoms with Crippen LogP contribution >= 0.6 is 0 Å². The van der Waals surface area contributed by atoms with Crippen molar-refractivity contribution in [2.45, 2.75) is 12.5 Å². The summed E-state index contributed by atoms with van der Waals surface area (Å²) in [6.07, 6.45) is 3.25. The third-order valence-corrected chi connectivity index (χ3v) is 2.20. The lowest BCUT2D eigenvalue weighted by molar-refractivity contribution is -0.145. The minimum Gasteiger partial charge on any atom is -0.447 e. The van der Waals surface area contributed by atoms with Crippen LogP contribution in [-0.4, -0.2) is 5.97 Å². The lowest BCUT2D eigenvalue weighted by Crippen LogP contribution is -2.20. The molecule has 2 rings (SSSR count). The maximum atomic E-state index is 10.9. The number of benzene rings is 1. The largest absolute Gasteiger partial charge is 0.447 e. The minimum atomic E-state index is -0.571. The summed E-state index contributed by atoms with van der Waals surface area (Å²) in [5.74, 6) is -0.272. The van der Waals surface area contributed by atoms with Crippen LogP contribution < -0.4 is 0 Å². The molecule has 13 heavy (non-hydrogen) atoms. The third kappa shape index (κ3) is 1.35. The Kier molecular flexibility index (Phi) is 1.69. The molecule has 2 nitrogen and oxygen atoms in total. The molecule has 1 aliphatic heterocycles. The Bertz CT molecular complexity index is 354. The average molecular weight is 174 g/mol. The van der Waals surface area contributed by atoms with Crippen molar-refractivity contribution in [3.05, 3.63) is 48.0 Å². The lowest BCUT2D eigenvalue weighted by Gasteiger charge is -2.21. The van der Waals surface area contributed by atoms with E-state index in [9.17, 15) is 4.79 Å². The van der Waals surface area contributed by atoms with Crippen LogP contribution in [0.5, 0.6) is 0 Å². The molecule has 0 saturated heterocycles. The van der Waals surface area contributed by atoms with Gasteiger partial charge in [0.15, 0.2) is 5.60 Å². The van der Waals surface area contributed by atoms with Crippen molar-refractivity contribution >= 4 is 5.97 Å². The van der Waals surface area contributed by atoms with E-state index in [0.29, 0.717) is 0 Å². The Morgan fingerprint density at radius 2 is 1.92 bits per heavy atom. The summed E-state index contributed by atoms with van der Waals surface area (Å²) < 4.78 is 5.18. The fraction of sp³-hybridized carbons (Fsp3) is 0.182. The molecule has 0 amide bonds. The quantitative estimate of drug-likeness (QED) is 0.609. The second kappa shape index (κ2) is 2.73. The number of esters is 1. The van der Waals surface area contributed by atoms with Gasteiger partial charge in [0.1, 0.15) is 0 Å². The molecule has 0 unspecified atom stereocenters. The molecule has 0 spiro atoms. The van der Waals surface area contributed by atoms with Crippen LogP contribution in [0.3, 0.4) is 0 Å². The monoisotopic (exact) mass is 174 g/mol. The van der Waals surface area contributed by atoms with E-state index in [1.54, 1.807) is 6.08 Å². The predicted octanol–water partition coefficient (Wildman–Crippen LogP) is 2.01. The van der Waals surface area contributed by atoms with Gasteiger partial charge in [-0.1, -0.05) is 30.3 Å². The molecule has 0 fully saturated rings. The van der Waals surface area contributed by atoms with Crippen molar-refractivity contribution in [1.29, 1.82) is 0 Å². The molecule has 0 aromatic heterocycles. The molecular formula is C11H10O2. The van der Waals surface area contributed by atoms with Crippen LogP contribution in [0.2, 0.25) is 0 Å². The zero-order valence-electron chi connectivity index (χ0n) is 7.36. The number of ether oxygens (including phenoxy) is 1. The number of rotatable bonds is 1. The highest BCUT2D eigenvalue weighted by atomic mass is 16.6. The second-order valence-corrected chi connectivity index (χ2v) is 3.23. The Labute approximate surface area is 76.8 Å². The topological polar surface area (TPSA) is 26.3 Å². The van der Waals surface area contributed by atoms with Gasteiger partial charge >= 0.3 is 5.97 Å². The fourth-order valence-electron chi connectivity index (χ4n) is 1.43. The van der Waals surface area contributed by atoms with Crippen molar-refractivity contribution < 1.29 is 9.53 Å². The molecule has 0 N–H and O–H groups in total. The van der Waals surface area contributed by atoms with Gasteiger partial charge in [-0.05, 0) is 18.6 Å². The lowest BCUT2D eigenvalue weighted by atomic mass is 9.97. The van der Waals surface area contributed by atoms with Gasteiger partial charge < -0.3 is 4.74 Å². The van der Waals surface area contributed by atoms with Gasteiger partial charge in [-0.25, -0.2) is 4.79 Å². The normalized spacial score (nSPS) is 26.1. The first-order valence-electron chi connectivity index (χ1n) is 4.18. The Hall–Kier alpha value is -1.57. The first kappa shape index (κ1) is 8.05. The number of hydrogen-bond donors (Lipinski definition) is 0. The van der Waals surface area contributed by atoms with E-state index in [0.717, 1.165) is 5.56 Å². The van der Waals surface area contributed by atoms with Gasteiger partial charge in [0, 0.05) is 6.08 Å². The van der Waals surface area contributed by atoms with Gasteiger partial charge in [-0.2, -0.15) is 0 Å². The Balaban J connectivity index is 2.37. The van der Waals surface area contributed by atoms with Crippen molar-refractivity contribution in [1.82, 2.24) is 0 Å². The summed E-state index contributed by atoms with van der Waals surface area (Å²) in [5, 5.41) is 0.